The van der Waals surface area contributed by atoms with Gasteiger partial charge in [-0.25, -0.2) is 0 Å². The minimum absolute atomic E-state index is 0.591. The van der Waals surface area contributed by atoms with Crippen molar-refractivity contribution in [1.82, 2.24) is 9.78 Å². The van der Waals surface area contributed by atoms with Crippen LogP contribution in [0.2, 0.25) is 0 Å². The van der Waals surface area contributed by atoms with Gasteiger partial charge in [0.25, 0.3) is 0 Å². The maximum atomic E-state index is 5.58. The number of hydrogen-bond acceptors (Lipinski definition) is 1. The average Bonchev–Trinajstić information content (AvgIpc) is 2.46. The van der Waals surface area contributed by atoms with Crippen molar-refractivity contribution in [3.63, 3.8) is 0 Å². The highest BCUT2D eigenvalue weighted by Gasteiger charge is 2.07. The molecule has 0 radical (unpaired) electrons. The fraction of sp³-hybridized carbons (Fsp3) is 0.583. The fourth-order valence-corrected chi connectivity index (χ4v) is 1.60. The molecular weight excluding hydrogens is 208 g/mol. The van der Waals surface area contributed by atoms with Gasteiger partial charge in [-0.2, -0.15) is 5.10 Å². The number of hydrogen-bond donors (Lipinski definition) is 0. The molecule has 0 amide bonds. The Morgan fingerprint density at radius 2 is 2.13 bits per heavy atom. The molecule has 0 fully saturated rings. The summed E-state index contributed by atoms with van der Waals surface area (Å²) >= 11 is 5.58. The third-order valence-electron chi connectivity index (χ3n) is 2.25. The lowest BCUT2D eigenvalue weighted by Gasteiger charge is -1.99. The van der Waals surface area contributed by atoms with Crippen molar-refractivity contribution in [3.05, 3.63) is 17.0 Å². The fourth-order valence-electron chi connectivity index (χ4n) is 1.51. The third-order valence-corrected chi connectivity index (χ3v) is 2.44. The summed E-state index contributed by atoms with van der Waals surface area (Å²) in [5.41, 5.74) is 3.24. The van der Waals surface area contributed by atoms with E-state index in [0.29, 0.717) is 5.88 Å². The van der Waals surface area contributed by atoms with Crippen LogP contribution in [0.15, 0.2) is 0 Å². The van der Waals surface area contributed by atoms with Crippen LogP contribution < -0.4 is 0 Å². The second-order valence-electron chi connectivity index (χ2n) is 3.51. The normalized spacial score (nSPS) is 9.87. The Morgan fingerprint density at radius 3 is 2.73 bits per heavy atom. The summed E-state index contributed by atoms with van der Waals surface area (Å²) in [6, 6.07) is 0. The minimum atomic E-state index is 0.591. The van der Waals surface area contributed by atoms with Gasteiger partial charge in [-0.15, -0.1) is 11.6 Å². The van der Waals surface area contributed by atoms with Crippen LogP contribution in [0.1, 0.15) is 36.7 Å². The molecule has 0 atom stereocenters. The van der Waals surface area contributed by atoms with E-state index < -0.39 is 0 Å². The highest BCUT2D eigenvalue weighted by molar-refractivity contribution is 6.18. The van der Waals surface area contributed by atoms with Crippen LogP contribution in [0.25, 0.3) is 0 Å². The zero-order valence-corrected chi connectivity index (χ0v) is 10.4. The highest BCUT2D eigenvalue weighted by Crippen LogP contribution is 2.11. The molecule has 1 aromatic heterocycles. The van der Waals surface area contributed by atoms with Gasteiger partial charge in [-0.05, 0) is 20.3 Å². The van der Waals surface area contributed by atoms with Crippen molar-refractivity contribution in [3.8, 4) is 11.8 Å². The number of rotatable bonds is 3. The molecule has 0 aliphatic heterocycles. The number of nitrogens with zero attached hydrogens (tertiary/aromatic N) is 2. The van der Waals surface area contributed by atoms with Crippen LogP contribution in [0.5, 0.6) is 0 Å². The molecular formula is C12H17ClN2. The average molecular weight is 225 g/mol. The Bertz CT molecular complexity index is 382. The Kier molecular flexibility index (Phi) is 4.71. The van der Waals surface area contributed by atoms with Crippen molar-refractivity contribution in [2.24, 2.45) is 0 Å². The lowest BCUT2D eigenvalue weighted by molar-refractivity contribution is 0.583. The maximum Gasteiger partial charge on any atom is 0.0753 e. The maximum absolute atomic E-state index is 5.58. The van der Waals surface area contributed by atoms with Crippen molar-refractivity contribution in [2.45, 2.75) is 40.2 Å². The Hall–Kier alpha value is -0.940. The molecule has 0 aliphatic rings. The smallest absolute Gasteiger partial charge is 0.0753 e. The predicted molar refractivity (Wildman–Crippen MR) is 64.2 cm³/mol. The van der Waals surface area contributed by atoms with E-state index in [-0.39, 0.29) is 0 Å². The van der Waals surface area contributed by atoms with Crippen molar-refractivity contribution in [2.75, 3.05) is 5.88 Å². The molecule has 0 aromatic carbocycles. The molecule has 82 valence electrons. The first-order valence-electron chi connectivity index (χ1n) is 5.29. The van der Waals surface area contributed by atoms with E-state index in [9.17, 15) is 0 Å². The summed E-state index contributed by atoms with van der Waals surface area (Å²) < 4.78 is 2.03. The largest absolute Gasteiger partial charge is 0.268 e. The molecule has 1 aromatic rings. The van der Waals surface area contributed by atoms with Crippen molar-refractivity contribution < 1.29 is 0 Å². The standard InChI is InChI=1S/C12H17ClN2/c1-4-9-15-11(3)12(10(2)14-15)7-5-6-8-13/h4,6,8-9H2,1-3H3. The predicted octanol–water partition coefficient (Wildman–Crippen LogP) is 2.89. The Balaban J connectivity index is 2.94. The first-order valence-corrected chi connectivity index (χ1v) is 5.83. The van der Waals surface area contributed by atoms with Gasteiger partial charge in [0, 0.05) is 18.8 Å². The summed E-state index contributed by atoms with van der Waals surface area (Å²) in [5, 5.41) is 4.46. The highest BCUT2D eigenvalue weighted by atomic mass is 35.5. The van der Waals surface area contributed by atoms with E-state index in [2.05, 4.69) is 30.8 Å². The summed E-state index contributed by atoms with van der Waals surface area (Å²) in [5.74, 6) is 6.79. The van der Waals surface area contributed by atoms with E-state index in [1.165, 1.54) is 0 Å². The summed E-state index contributed by atoms with van der Waals surface area (Å²) in [6.45, 7) is 7.18. The van der Waals surface area contributed by atoms with Gasteiger partial charge in [0.1, 0.15) is 0 Å². The van der Waals surface area contributed by atoms with E-state index in [0.717, 1.165) is 36.3 Å². The third kappa shape index (κ3) is 3.00. The SMILES string of the molecule is CCCn1nc(C)c(C#CCCCl)c1C. The second kappa shape index (κ2) is 5.82. The number of halogens is 1. The minimum Gasteiger partial charge on any atom is -0.268 e. The second-order valence-corrected chi connectivity index (χ2v) is 3.89. The zero-order chi connectivity index (χ0) is 11.3. The summed E-state index contributed by atoms with van der Waals surface area (Å²) in [6.07, 6.45) is 1.83. The molecule has 1 heterocycles. The summed E-state index contributed by atoms with van der Waals surface area (Å²) in [7, 11) is 0. The number of alkyl halides is 1. The quantitative estimate of drug-likeness (QED) is 0.570. The van der Waals surface area contributed by atoms with Crippen LogP contribution in [0.4, 0.5) is 0 Å². The molecule has 1 rings (SSSR count). The zero-order valence-electron chi connectivity index (χ0n) is 9.60. The van der Waals surface area contributed by atoms with E-state index in [1.807, 2.05) is 11.6 Å². The van der Waals surface area contributed by atoms with Gasteiger partial charge >= 0.3 is 0 Å². The van der Waals surface area contributed by atoms with Gasteiger partial charge in [-0.3, -0.25) is 4.68 Å². The topological polar surface area (TPSA) is 17.8 Å². The van der Waals surface area contributed by atoms with Crippen LogP contribution in [0.3, 0.4) is 0 Å². The number of aromatic nitrogens is 2. The molecule has 0 aliphatic carbocycles. The molecule has 0 saturated carbocycles. The molecule has 0 N–H and O–H groups in total. The lowest BCUT2D eigenvalue weighted by atomic mass is 10.2. The lowest BCUT2D eigenvalue weighted by Crippen LogP contribution is -2.01. The van der Waals surface area contributed by atoms with E-state index in [4.69, 9.17) is 11.6 Å². The van der Waals surface area contributed by atoms with Crippen molar-refractivity contribution >= 4 is 11.6 Å². The van der Waals surface area contributed by atoms with Gasteiger partial charge in [0.05, 0.1) is 17.0 Å². The van der Waals surface area contributed by atoms with Gasteiger partial charge in [0.15, 0.2) is 0 Å². The first kappa shape index (κ1) is 12.1. The van der Waals surface area contributed by atoms with Gasteiger partial charge in [-0.1, -0.05) is 18.8 Å². The number of aryl methyl sites for hydroxylation is 2. The molecule has 3 heteroatoms. The molecule has 0 spiro atoms. The van der Waals surface area contributed by atoms with E-state index >= 15 is 0 Å². The van der Waals surface area contributed by atoms with Crippen LogP contribution in [0, 0.1) is 25.7 Å². The molecule has 2 nitrogen and oxygen atoms in total. The van der Waals surface area contributed by atoms with Crippen LogP contribution >= 0.6 is 11.6 Å². The van der Waals surface area contributed by atoms with Crippen LogP contribution in [-0.4, -0.2) is 15.7 Å². The van der Waals surface area contributed by atoms with E-state index in [1.54, 1.807) is 0 Å². The Morgan fingerprint density at radius 1 is 1.40 bits per heavy atom. The first-order chi connectivity index (χ1) is 7.20. The van der Waals surface area contributed by atoms with Gasteiger partial charge < -0.3 is 0 Å². The van der Waals surface area contributed by atoms with Crippen molar-refractivity contribution in [1.29, 1.82) is 0 Å². The molecule has 0 unspecified atom stereocenters. The monoisotopic (exact) mass is 224 g/mol. The molecule has 15 heavy (non-hydrogen) atoms. The van der Waals surface area contributed by atoms with Gasteiger partial charge in [0.2, 0.25) is 0 Å². The van der Waals surface area contributed by atoms with Crippen LogP contribution in [-0.2, 0) is 6.54 Å². The molecule has 0 bridgehead atoms. The molecule has 0 saturated heterocycles. The Labute approximate surface area is 96.6 Å². The summed E-state index contributed by atoms with van der Waals surface area (Å²) in [4.78, 5) is 0.